The smallest absolute Gasteiger partial charge is 0.244 e. The maximum atomic E-state index is 12.8. The summed E-state index contributed by atoms with van der Waals surface area (Å²) in [5.74, 6) is 1.32. The van der Waals surface area contributed by atoms with Crippen LogP contribution in [-0.4, -0.2) is 34.7 Å². The monoisotopic (exact) mass is 426 g/mol. The first-order valence-electron chi connectivity index (χ1n) is 10.2. The normalized spacial score (nSPS) is 11.1. The van der Waals surface area contributed by atoms with Crippen molar-refractivity contribution in [3.63, 3.8) is 0 Å². The standard InChI is InChI=1S/C25H22N4O3/c1-31-18-7-3-6-17(12-18)27-24(30)15-29-14-21(20-13-19(32-2)8-9-23(20)29)22-11-16-5-4-10-26-25(16)28-22/h3-14H,15H2,1-2H3,(H,26,28)(H,27,30). The predicted octanol–water partition coefficient (Wildman–Crippen LogP) is 4.84. The third-order valence-electron chi connectivity index (χ3n) is 5.44. The number of fused-ring (bicyclic) bond motifs is 2. The van der Waals surface area contributed by atoms with Crippen LogP contribution >= 0.6 is 0 Å². The van der Waals surface area contributed by atoms with Gasteiger partial charge in [-0.05, 0) is 48.5 Å². The second kappa shape index (κ2) is 8.11. The summed E-state index contributed by atoms with van der Waals surface area (Å²) in [5, 5.41) is 4.96. The number of H-pyrrole nitrogens is 1. The molecule has 3 aromatic heterocycles. The van der Waals surface area contributed by atoms with Crippen LogP contribution < -0.4 is 14.8 Å². The van der Waals surface area contributed by atoms with Gasteiger partial charge >= 0.3 is 0 Å². The van der Waals surface area contributed by atoms with Crippen molar-refractivity contribution in [1.29, 1.82) is 0 Å². The minimum atomic E-state index is -0.129. The molecule has 0 saturated heterocycles. The number of aromatic amines is 1. The predicted molar refractivity (Wildman–Crippen MR) is 125 cm³/mol. The third-order valence-corrected chi connectivity index (χ3v) is 5.44. The molecule has 5 rings (SSSR count). The fourth-order valence-corrected chi connectivity index (χ4v) is 3.91. The molecule has 2 N–H and O–H groups in total. The maximum Gasteiger partial charge on any atom is 0.244 e. The Balaban J connectivity index is 1.52. The Morgan fingerprint density at radius 2 is 1.88 bits per heavy atom. The van der Waals surface area contributed by atoms with Crippen molar-refractivity contribution in [3.8, 4) is 22.8 Å². The zero-order valence-corrected chi connectivity index (χ0v) is 17.8. The van der Waals surface area contributed by atoms with Crippen LogP contribution in [0.3, 0.4) is 0 Å². The molecule has 0 atom stereocenters. The molecule has 2 aromatic carbocycles. The number of carbonyl (C=O) groups is 1. The van der Waals surface area contributed by atoms with E-state index in [0.717, 1.165) is 38.9 Å². The summed E-state index contributed by atoms with van der Waals surface area (Å²) in [5.41, 5.74) is 4.36. The van der Waals surface area contributed by atoms with Gasteiger partial charge < -0.3 is 24.3 Å². The lowest BCUT2D eigenvalue weighted by Crippen LogP contribution is -2.18. The Hall–Kier alpha value is -4.26. The lowest BCUT2D eigenvalue weighted by molar-refractivity contribution is -0.116. The molecule has 0 saturated carbocycles. The van der Waals surface area contributed by atoms with Gasteiger partial charge in [0.2, 0.25) is 5.91 Å². The average molecular weight is 426 g/mol. The number of nitrogens with zero attached hydrogens (tertiary/aromatic N) is 2. The summed E-state index contributed by atoms with van der Waals surface area (Å²) in [6, 6.07) is 19.2. The molecule has 3 heterocycles. The number of amides is 1. The van der Waals surface area contributed by atoms with Crippen LogP contribution in [-0.2, 0) is 11.3 Å². The summed E-state index contributed by atoms with van der Waals surface area (Å²) in [7, 11) is 3.24. The van der Waals surface area contributed by atoms with Crippen LogP contribution in [0.15, 0.2) is 73.1 Å². The fourth-order valence-electron chi connectivity index (χ4n) is 3.91. The van der Waals surface area contributed by atoms with Crippen molar-refractivity contribution >= 4 is 33.5 Å². The Morgan fingerprint density at radius 1 is 1.03 bits per heavy atom. The molecule has 0 aliphatic heterocycles. The number of aromatic nitrogens is 3. The topological polar surface area (TPSA) is 81.2 Å². The van der Waals surface area contributed by atoms with Gasteiger partial charge in [0.05, 0.1) is 14.2 Å². The second-order valence-electron chi connectivity index (χ2n) is 7.46. The van der Waals surface area contributed by atoms with Gasteiger partial charge in [0.15, 0.2) is 0 Å². The van der Waals surface area contributed by atoms with E-state index in [-0.39, 0.29) is 12.5 Å². The first-order chi connectivity index (χ1) is 15.6. The summed E-state index contributed by atoms with van der Waals surface area (Å²) in [6.07, 6.45) is 3.75. The molecular formula is C25H22N4O3. The molecule has 0 fully saturated rings. The maximum absolute atomic E-state index is 12.8. The lowest BCUT2D eigenvalue weighted by atomic mass is 10.1. The number of rotatable bonds is 6. The number of ether oxygens (including phenoxy) is 2. The van der Waals surface area contributed by atoms with E-state index in [1.54, 1.807) is 26.5 Å². The summed E-state index contributed by atoms with van der Waals surface area (Å²) < 4.78 is 12.6. The first kappa shape index (κ1) is 19.7. The first-order valence-corrected chi connectivity index (χ1v) is 10.2. The highest BCUT2D eigenvalue weighted by Gasteiger charge is 2.16. The molecular weight excluding hydrogens is 404 g/mol. The number of pyridine rings is 1. The number of hydrogen-bond donors (Lipinski definition) is 2. The highest BCUT2D eigenvalue weighted by atomic mass is 16.5. The second-order valence-corrected chi connectivity index (χ2v) is 7.46. The fraction of sp³-hybridized carbons (Fsp3) is 0.120. The van der Waals surface area contributed by atoms with Crippen molar-refractivity contribution in [2.75, 3.05) is 19.5 Å². The number of carbonyl (C=O) groups excluding carboxylic acids is 1. The van der Waals surface area contributed by atoms with Crippen LogP contribution in [0.2, 0.25) is 0 Å². The van der Waals surface area contributed by atoms with E-state index in [9.17, 15) is 4.79 Å². The summed E-state index contributed by atoms with van der Waals surface area (Å²) >= 11 is 0. The van der Waals surface area contributed by atoms with Crippen LogP contribution in [0.1, 0.15) is 0 Å². The molecule has 5 aromatic rings. The molecule has 0 spiro atoms. The van der Waals surface area contributed by atoms with E-state index in [2.05, 4.69) is 21.4 Å². The quantitative estimate of drug-likeness (QED) is 0.407. The molecule has 0 unspecified atom stereocenters. The van der Waals surface area contributed by atoms with Gasteiger partial charge in [-0.25, -0.2) is 4.98 Å². The highest BCUT2D eigenvalue weighted by molar-refractivity contribution is 6.00. The minimum Gasteiger partial charge on any atom is -0.497 e. The van der Waals surface area contributed by atoms with E-state index in [1.807, 2.05) is 59.3 Å². The SMILES string of the molecule is COc1cccc(NC(=O)Cn2cc(-c3cc4cccnc4[nH]3)c3cc(OC)ccc32)c1. The molecule has 0 bridgehead atoms. The van der Waals surface area contributed by atoms with E-state index >= 15 is 0 Å². The van der Waals surface area contributed by atoms with Crippen molar-refractivity contribution in [2.24, 2.45) is 0 Å². The van der Waals surface area contributed by atoms with E-state index in [4.69, 9.17) is 9.47 Å². The Kier molecular flexibility index (Phi) is 4.99. The number of nitrogens with one attached hydrogen (secondary N) is 2. The number of methoxy groups -OCH3 is 2. The van der Waals surface area contributed by atoms with Crippen molar-refractivity contribution in [2.45, 2.75) is 6.54 Å². The van der Waals surface area contributed by atoms with Gasteiger partial charge in [-0.15, -0.1) is 0 Å². The van der Waals surface area contributed by atoms with Crippen LogP contribution in [0.5, 0.6) is 11.5 Å². The largest absolute Gasteiger partial charge is 0.497 e. The molecule has 0 aliphatic carbocycles. The van der Waals surface area contributed by atoms with Gasteiger partial charge in [0.25, 0.3) is 0 Å². The Morgan fingerprint density at radius 3 is 2.69 bits per heavy atom. The van der Waals surface area contributed by atoms with Gasteiger partial charge in [0, 0.05) is 51.7 Å². The van der Waals surface area contributed by atoms with Gasteiger partial charge in [-0.3, -0.25) is 4.79 Å². The Labute approximate surface area is 184 Å². The zero-order chi connectivity index (χ0) is 22.1. The Bertz CT molecular complexity index is 1400. The zero-order valence-electron chi connectivity index (χ0n) is 17.8. The van der Waals surface area contributed by atoms with E-state index in [1.165, 1.54) is 0 Å². The van der Waals surface area contributed by atoms with Gasteiger partial charge in [-0.2, -0.15) is 0 Å². The molecule has 32 heavy (non-hydrogen) atoms. The third kappa shape index (κ3) is 3.65. The highest BCUT2D eigenvalue weighted by Crippen LogP contribution is 2.34. The minimum absolute atomic E-state index is 0.129. The summed E-state index contributed by atoms with van der Waals surface area (Å²) in [6.45, 7) is 0.165. The molecule has 160 valence electrons. The lowest BCUT2D eigenvalue weighted by Gasteiger charge is -2.09. The number of benzene rings is 2. The summed E-state index contributed by atoms with van der Waals surface area (Å²) in [4.78, 5) is 20.6. The van der Waals surface area contributed by atoms with Crippen molar-refractivity contribution in [3.05, 3.63) is 73.1 Å². The van der Waals surface area contributed by atoms with Crippen LogP contribution in [0.4, 0.5) is 5.69 Å². The average Bonchev–Trinajstić information content (AvgIpc) is 3.40. The van der Waals surface area contributed by atoms with Crippen molar-refractivity contribution < 1.29 is 14.3 Å². The molecule has 0 aliphatic rings. The van der Waals surface area contributed by atoms with Gasteiger partial charge in [-0.1, -0.05) is 6.07 Å². The molecule has 7 heteroatoms. The van der Waals surface area contributed by atoms with Crippen molar-refractivity contribution in [1.82, 2.24) is 14.5 Å². The molecule has 0 radical (unpaired) electrons. The van der Waals surface area contributed by atoms with E-state index < -0.39 is 0 Å². The molecule has 7 nitrogen and oxygen atoms in total. The number of anilines is 1. The van der Waals surface area contributed by atoms with Crippen LogP contribution in [0, 0.1) is 0 Å². The van der Waals surface area contributed by atoms with Crippen LogP contribution in [0.25, 0.3) is 33.2 Å². The van der Waals surface area contributed by atoms with Gasteiger partial charge in [0.1, 0.15) is 23.7 Å². The molecule has 1 amide bonds. The van der Waals surface area contributed by atoms with E-state index in [0.29, 0.717) is 11.4 Å². The number of hydrogen-bond acceptors (Lipinski definition) is 4.